The van der Waals surface area contributed by atoms with E-state index in [1.807, 2.05) is 12.1 Å². The minimum Gasteiger partial charge on any atom is -0.475 e. The van der Waals surface area contributed by atoms with Crippen molar-refractivity contribution in [1.82, 2.24) is 20.2 Å². The van der Waals surface area contributed by atoms with Crippen LogP contribution in [-0.2, 0) is 11.3 Å². The van der Waals surface area contributed by atoms with E-state index in [9.17, 15) is 18.0 Å². The molecule has 0 spiro atoms. The van der Waals surface area contributed by atoms with Crippen LogP contribution in [0.1, 0.15) is 60.5 Å². The molecular weight excluding hydrogens is 501 g/mol. The molecule has 1 aliphatic heterocycles. The number of amides is 1. The first-order valence-electron chi connectivity index (χ1n) is 12.2. The van der Waals surface area contributed by atoms with Gasteiger partial charge < -0.3 is 20.7 Å². The van der Waals surface area contributed by atoms with Crippen LogP contribution in [0.2, 0.25) is 0 Å². The second-order valence-electron chi connectivity index (χ2n) is 10.0. The Hall–Kier alpha value is -3.69. The van der Waals surface area contributed by atoms with E-state index >= 15 is 0 Å². The van der Waals surface area contributed by atoms with Crippen LogP contribution in [0.5, 0.6) is 0 Å². The van der Waals surface area contributed by atoms with Crippen LogP contribution in [0.25, 0.3) is 5.57 Å². The Morgan fingerprint density at radius 3 is 2.50 bits per heavy atom. The first-order chi connectivity index (χ1) is 17.9. The fourth-order valence-corrected chi connectivity index (χ4v) is 4.19. The molecule has 4 N–H and O–H groups in total. The number of hydrogen-bond acceptors (Lipinski definition) is 6. The highest BCUT2D eigenvalue weighted by Gasteiger charge is 2.38. The highest BCUT2D eigenvalue weighted by atomic mass is 19.4. The summed E-state index contributed by atoms with van der Waals surface area (Å²) in [6.07, 6.45) is 1.76. The van der Waals surface area contributed by atoms with Crippen molar-refractivity contribution in [2.75, 3.05) is 31.5 Å². The molecule has 1 aromatic heterocycles. The third-order valence-electron chi connectivity index (χ3n) is 6.42. The van der Waals surface area contributed by atoms with E-state index in [-0.39, 0.29) is 17.4 Å². The number of carboxylic acid groups (broad SMARTS) is 1. The van der Waals surface area contributed by atoms with Crippen molar-refractivity contribution in [2.45, 2.75) is 45.8 Å². The standard InChI is InChI=1S/C24H30N6O.C2HF3O2/c1-24(2)7-5-18(6-8-24)20-13-17(16-30-11-9-26-10-12-30)3-4-21(20)29-23(31)22-27-15-19(14-25)28-22;3-2(4,5)1(6)7/h3-5,13,15,26H,6-12,16H2,1-2H3,(H,27,28)(H,29,31);(H,6,7). The number of aromatic nitrogens is 2. The Morgan fingerprint density at radius 1 is 1.26 bits per heavy atom. The van der Waals surface area contributed by atoms with Gasteiger partial charge in [0.1, 0.15) is 11.8 Å². The molecular formula is C26H31F3N6O3. The zero-order valence-corrected chi connectivity index (χ0v) is 21.3. The van der Waals surface area contributed by atoms with Crippen molar-refractivity contribution in [3.8, 4) is 6.07 Å². The van der Waals surface area contributed by atoms with E-state index in [0.29, 0.717) is 5.41 Å². The SMILES string of the molecule is CC1(C)CC=C(c2cc(CN3CCNCC3)ccc2NC(=O)c2ncc(C#N)[nH]2)CC1.O=C(O)C(F)(F)F. The van der Waals surface area contributed by atoms with Crippen LogP contribution in [0, 0.1) is 16.7 Å². The molecule has 2 heterocycles. The predicted octanol–water partition coefficient (Wildman–Crippen LogP) is 4.17. The van der Waals surface area contributed by atoms with E-state index < -0.39 is 12.1 Å². The number of carbonyl (C=O) groups is 2. The van der Waals surface area contributed by atoms with Gasteiger partial charge in [0.25, 0.3) is 5.91 Å². The summed E-state index contributed by atoms with van der Waals surface area (Å²) >= 11 is 0. The number of carboxylic acids is 1. The molecule has 2 aromatic rings. The number of hydrogen-bond donors (Lipinski definition) is 4. The van der Waals surface area contributed by atoms with Gasteiger partial charge in [-0.15, -0.1) is 0 Å². The van der Waals surface area contributed by atoms with Gasteiger partial charge in [-0.3, -0.25) is 9.69 Å². The number of benzene rings is 1. The van der Waals surface area contributed by atoms with E-state index in [1.165, 1.54) is 17.3 Å². The number of halogens is 3. The minimum atomic E-state index is -5.08. The molecule has 4 rings (SSSR count). The van der Waals surface area contributed by atoms with E-state index in [1.54, 1.807) is 0 Å². The third-order valence-corrected chi connectivity index (χ3v) is 6.42. The van der Waals surface area contributed by atoms with Gasteiger partial charge in [0.05, 0.1) is 6.20 Å². The summed E-state index contributed by atoms with van der Waals surface area (Å²) in [5.74, 6) is -2.95. The van der Waals surface area contributed by atoms with Gasteiger partial charge in [-0.2, -0.15) is 18.4 Å². The summed E-state index contributed by atoms with van der Waals surface area (Å²) in [4.78, 5) is 30.9. The maximum atomic E-state index is 12.7. The van der Waals surface area contributed by atoms with Crippen LogP contribution in [0.3, 0.4) is 0 Å². The number of nitriles is 1. The number of aromatic amines is 1. The number of H-pyrrole nitrogens is 1. The molecule has 9 nitrogen and oxygen atoms in total. The summed E-state index contributed by atoms with van der Waals surface area (Å²) in [5, 5.41) is 22.5. The zero-order valence-electron chi connectivity index (χ0n) is 21.3. The quantitative estimate of drug-likeness (QED) is 0.454. The first kappa shape index (κ1) is 28.9. The van der Waals surface area contributed by atoms with Crippen molar-refractivity contribution in [3.63, 3.8) is 0 Å². The third kappa shape index (κ3) is 8.16. The summed E-state index contributed by atoms with van der Waals surface area (Å²) in [5.41, 5.74) is 5.00. The topological polar surface area (TPSA) is 134 Å². The summed E-state index contributed by atoms with van der Waals surface area (Å²) in [6.45, 7) is 9.64. The van der Waals surface area contributed by atoms with Gasteiger partial charge >= 0.3 is 12.1 Å². The Bertz CT molecular complexity index is 1220. The number of aliphatic carboxylic acids is 1. The monoisotopic (exact) mass is 532 g/mol. The van der Waals surface area contributed by atoms with Gasteiger partial charge in [0.2, 0.25) is 0 Å². The number of rotatable bonds is 5. The largest absolute Gasteiger partial charge is 0.490 e. The molecule has 0 radical (unpaired) electrons. The maximum absolute atomic E-state index is 12.7. The van der Waals surface area contributed by atoms with E-state index in [2.05, 4.69) is 57.6 Å². The van der Waals surface area contributed by atoms with Crippen LogP contribution in [-0.4, -0.2) is 64.2 Å². The molecule has 0 bridgehead atoms. The van der Waals surface area contributed by atoms with Crippen LogP contribution in [0.15, 0.2) is 30.5 Å². The fraction of sp³-hybridized carbons (Fsp3) is 0.462. The molecule has 1 saturated heterocycles. The Kier molecular flexibility index (Phi) is 9.30. The van der Waals surface area contributed by atoms with Crippen molar-refractivity contribution in [3.05, 3.63) is 53.1 Å². The number of carbonyl (C=O) groups excluding carboxylic acids is 1. The average molecular weight is 533 g/mol. The van der Waals surface area contributed by atoms with Crippen molar-refractivity contribution in [2.24, 2.45) is 5.41 Å². The average Bonchev–Trinajstić information content (AvgIpc) is 3.35. The summed E-state index contributed by atoms with van der Waals surface area (Å²) in [7, 11) is 0. The van der Waals surface area contributed by atoms with Crippen LogP contribution in [0.4, 0.5) is 18.9 Å². The highest BCUT2D eigenvalue weighted by Crippen LogP contribution is 2.40. The summed E-state index contributed by atoms with van der Waals surface area (Å²) < 4.78 is 31.7. The number of nitrogens with zero attached hydrogens (tertiary/aromatic N) is 3. The molecule has 2 aliphatic rings. The minimum absolute atomic E-state index is 0.145. The molecule has 12 heteroatoms. The van der Waals surface area contributed by atoms with Crippen molar-refractivity contribution < 1.29 is 27.9 Å². The van der Waals surface area contributed by atoms with E-state index in [0.717, 1.165) is 63.2 Å². The van der Waals surface area contributed by atoms with Crippen molar-refractivity contribution in [1.29, 1.82) is 5.26 Å². The summed E-state index contributed by atoms with van der Waals surface area (Å²) in [6, 6.07) is 8.29. The molecule has 1 fully saturated rings. The van der Waals surface area contributed by atoms with Crippen LogP contribution < -0.4 is 10.6 Å². The molecule has 0 unspecified atom stereocenters. The lowest BCUT2D eigenvalue weighted by molar-refractivity contribution is -0.192. The van der Waals surface area contributed by atoms with Gasteiger partial charge in [0.15, 0.2) is 5.82 Å². The lowest BCUT2D eigenvalue weighted by Gasteiger charge is -2.30. The molecule has 1 aromatic carbocycles. The van der Waals surface area contributed by atoms with Gasteiger partial charge in [-0.05, 0) is 47.9 Å². The van der Waals surface area contributed by atoms with Crippen molar-refractivity contribution >= 4 is 23.1 Å². The Labute approximate surface area is 218 Å². The molecule has 1 aliphatic carbocycles. The fourth-order valence-electron chi connectivity index (χ4n) is 4.19. The zero-order chi connectivity index (χ0) is 27.9. The Morgan fingerprint density at radius 2 is 1.95 bits per heavy atom. The van der Waals surface area contributed by atoms with Gasteiger partial charge in [-0.1, -0.05) is 26.0 Å². The number of anilines is 1. The lowest BCUT2D eigenvalue weighted by atomic mass is 9.76. The number of allylic oxidation sites excluding steroid dienone is 2. The molecule has 204 valence electrons. The smallest absolute Gasteiger partial charge is 0.475 e. The predicted molar refractivity (Wildman–Crippen MR) is 135 cm³/mol. The normalized spacial score (nSPS) is 17.4. The first-order valence-corrected chi connectivity index (χ1v) is 12.2. The lowest BCUT2D eigenvalue weighted by Crippen LogP contribution is -2.42. The van der Waals surface area contributed by atoms with Gasteiger partial charge in [-0.25, -0.2) is 9.78 Å². The molecule has 1 amide bonds. The second kappa shape index (κ2) is 12.2. The molecule has 0 saturated carbocycles. The number of piperazine rings is 1. The molecule has 38 heavy (non-hydrogen) atoms. The Balaban J connectivity index is 0.000000505. The van der Waals surface area contributed by atoms with Gasteiger partial charge in [0, 0.05) is 44.0 Å². The maximum Gasteiger partial charge on any atom is 0.490 e. The molecule has 0 atom stereocenters. The van der Waals surface area contributed by atoms with E-state index in [4.69, 9.17) is 15.2 Å². The second-order valence-corrected chi connectivity index (χ2v) is 10.0. The number of alkyl halides is 3. The van der Waals surface area contributed by atoms with Crippen LogP contribution >= 0.6 is 0 Å². The number of imidazole rings is 1. The highest BCUT2D eigenvalue weighted by molar-refractivity contribution is 6.03. The number of nitrogens with one attached hydrogen (secondary N) is 3.